The molecule has 0 aromatic heterocycles. The first-order chi connectivity index (χ1) is 9.04. The smallest absolute Gasteiger partial charge is 0.166 e. The minimum atomic E-state index is -0.622. The van der Waals surface area contributed by atoms with Crippen molar-refractivity contribution in [2.45, 2.75) is 19.4 Å². The summed E-state index contributed by atoms with van der Waals surface area (Å²) in [6.45, 7) is 2.01. The highest BCUT2D eigenvalue weighted by Gasteiger charge is 2.06. The molecule has 2 nitrogen and oxygen atoms in total. The van der Waals surface area contributed by atoms with Crippen molar-refractivity contribution < 1.29 is 9.50 Å². The normalized spacial score (nSPS) is 12.2. The average Bonchev–Trinajstić information content (AvgIpc) is 2.37. The second kappa shape index (κ2) is 5.93. The largest absolute Gasteiger partial charge is 0.505 e. The molecule has 1 atom stereocenters. The van der Waals surface area contributed by atoms with E-state index in [0.29, 0.717) is 10.7 Å². The van der Waals surface area contributed by atoms with Gasteiger partial charge in [0.25, 0.3) is 0 Å². The van der Waals surface area contributed by atoms with Gasteiger partial charge in [0.1, 0.15) is 0 Å². The van der Waals surface area contributed by atoms with Crippen molar-refractivity contribution >= 4 is 17.3 Å². The first-order valence-corrected chi connectivity index (χ1v) is 6.42. The average molecular weight is 280 g/mol. The lowest BCUT2D eigenvalue weighted by molar-refractivity contribution is 0.432. The van der Waals surface area contributed by atoms with Crippen molar-refractivity contribution in [3.63, 3.8) is 0 Å². The van der Waals surface area contributed by atoms with Gasteiger partial charge in [0.05, 0.1) is 0 Å². The van der Waals surface area contributed by atoms with Crippen molar-refractivity contribution in [2.24, 2.45) is 0 Å². The van der Waals surface area contributed by atoms with E-state index in [0.717, 1.165) is 12.0 Å². The van der Waals surface area contributed by atoms with Crippen LogP contribution in [0.3, 0.4) is 0 Å². The number of rotatable bonds is 4. The van der Waals surface area contributed by atoms with Gasteiger partial charge in [-0.1, -0.05) is 23.7 Å². The molecule has 0 aliphatic carbocycles. The second-order valence-electron chi connectivity index (χ2n) is 4.54. The van der Waals surface area contributed by atoms with Crippen molar-refractivity contribution in [3.8, 4) is 5.75 Å². The van der Waals surface area contributed by atoms with E-state index in [-0.39, 0.29) is 11.8 Å². The Bertz CT molecular complexity index is 557. The molecule has 0 spiro atoms. The summed E-state index contributed by atoms with van der Waals surface area (Å²) in [6, 6.07) is 12.1. The van der Waals surface area contributed by atoms with Gasteiger partial charge >= 0.3 is 0 Å². The number of hydrogen-bond donors (Lipinski definition) is 2. The summed E-state index contributed by atoms with van der Waals surface area (Å²) < 4.78 is 13.2. The summed E-state index contributed by atoms with van der Waals surface area (Å²) in [7, 11) is 0. The minimum Gasteiger partial charge on any atom is -0.505 e. The molecular formula is C15H15ClFNO. The van der Waals surface area contributed by atoms with Crippen LogP contribution in [0.2, 0.25) is 5.02 Å². The molecule has 2 aromatic carbocycles. The number of halogens is 2. The fourth-order valence-corrected chi connectivity index (χ4v) is 2.03. The highest BCUT2D eigenvalue weighted by atomic mass is 35.5. The van der Waals surface area contributed by atoms with E-state index in [2.05, 4.69) is 5.32 Å². The predicted molar refractivity (Wildman–Crippen MR) is 76.3 cm³/mol. The van der Waals surface area contributed by atoms with Gasteiger partial charge in [-0.15, -0.1) is 0 Å². The maximum Gasteiger partial charge on any atom is 0.166 e. The molecule has 0 fully saturated rings. The van der Waals surface area contributed by atoms with E-state index >= 15 is 0 Å². The molecule has 0 saturated carbocycles. The van der Waals surface area contributed by atoms with Gasteiger partial charge in [-0.2, -0.15) is 0 Å². The molecule has 2 rings (SSSR count). The van der Waals surface area contributed by atoms with Crippen molar-refractivity contribution in [2.75, 3.05) is 5.32 Å². The first-order valence-electron chi connectivity index (χ1n) is 6.04. The molecule has 100 valence electrons. The lowest BCUT2D eigenvalue weighted by atomic mass is 10.1. The van der Waals surface area contributed by atoms with Crippen LogP contribution in [0.15, 0.2) is 42.5 Å². The van der Waals surface area contributed by atoms with E-state index in [1.165, 1.54) is 12.1 Å². The molecule has 0 radical (unpaired) electrons. The Kier molecular flexibility index (Phi) is 4.27. The van der Waals surface area contributed by atoms with Gasteiger partial charge in [0.15, 0.2) is 11.6 Å². The molecule has 1 unspecified atom stereocenters. The standard InChI is InChI=1S/C15H15ClFNO/c1-10(8-11-2-4-12(16)5-3-11)18-13-6-7-15(19)14(17)9-13/h2-7,9-10,18-19H,8H2,1H3. The summed E-state index contributed by atoms with van der Waals surface area (Å²) in [5, 5.41) is 13.0. The third-order valence-corrected chi connectivity index (χ3v) is 3.07. The number of phenolic OH excluding ortho intramolecular Hbond substituents is 1. The lowest BCUT2D eigenvalue weighted by Gasteiger charge is -2.15. The third-order valence-electron chi connectivity index (χ3n) is 2.82. The molecule has 0 aliphatic heterocycles. The topological polar surface area (TPSA) is 32.3 Å². The Morgan fingerprint density at radius 3 is 2.53 bits per heavy atom. The van der Waals surface area contributed by atoms with Crippen LogP contribution in [0.25, 0.3) is 0 Å². The number of hydrogen-bond acceptors (Lipinski definition) is 2. The van der Waals surface area contributed by atoms with Crippen molar-refractivity contribution in [1.29, 1.82) is 0 Å². The Morgan fingerprint density at radius 2 is 1.89 bits per heavy atom. The van der Waals surface area contributed by atoms with E-state index in [9.17, 15) is 4.39 Å². The third kappa shape index (κ3) is 3.86. The summed E-state index contributed by atoms with van der Waals surface area (Å²) in [5.74, 6) is -0.959. The number of anilines is 1. The van der Waals surface area contributed by atoms with E-state index in [1.807, 2.05) is 31.2 Å². The Morgan fingerprint density at radius 1 is 1.21 bits per heavy atom. The molecule has 19 heavy (non-hydrogen) atoms. The predicted octanol–water partition coefficient (Wildman–Crippen LogP) is 4.23. The highest BCUT2D eigenvalue weighted by molar-refractivity contribution is 6.30. The van der Waals surface area contributed by atoms with Crippen LogP contribution in [-0.2, 0) is 6.42 Å². The molecule has 0 heterocycles. The van der Waals surface area contributed by atoms with Gasteiger partial charge in [0.2, 0.25) is 0 Å². The van der Waals surface area contributed by atoms with E-state index in [4.69, 9.17) is 16.7 Å². The fourth-order valence-electron chi connectivity index (χ4n) is 1.91. The molecule has 0 aliphatic rings. The van der Waals surface area contributed by atoms with Crippen LogP contribution in [0.1, 0.15) is 12.5 Å². The molecule has 2 aromatic rings. The number of nitrogens with one attached hydrogen (secondary N) is 1. The monoisotopic (exact) mass is 279 g/mol. The molecule has 4 heteroatoms. The summed E-state index contributed by atoms with van der Waals surface area (Å²) in [5.41, 5.74) is 1.81. The zero-order valence-electron chi connectivity index (χ0n) is 10.5. The summed E-state index contributed by atoms with van der Waals surface area (Å²) in [6.07, 6.45) is 0.805. The fraction of sp³-hybridized carbons (Fsp3) is 0.200. The molecule has 0 amide bonds. The van der Waals surface area contributed by atoms with Crippen LogP contribution < -0.4 is 5.32 Å². The maximum atomic E-state index is 13.2. The van der Waals surface area contributed by atoms with Gasteiger partial charge in [-0.3, -0.25) is 0 Å². The zero-order chi connectivity index (χ0) is 13.8. The highest BCUT2D eigenvalue weighted by Crippen LogP contribution is 2.20. The van der Waals surface area contributed by atoms with Gasteiger partial charge in [-0.05, 0) is 43.2 Å². The second-order valence-corrected chi connectivity index (χ2v) is 4.98. The van der Waals surface area contributed by atoms with Gasteiger partial charge in [-0.25, -0.2) is 4.39 Å². The Labute approximate surface area is 116 Å². The molecule has 0 saturated heterocycles. The minimum absolute atomic E-state index is 0.144. The quantitative estimate of drug-likeness (QED) is 0.821. The number of phenols is 1. The molecule has 2 N–H and O–H groups in total. The van der Waals surface area contributed by atoms with E-state index in [1.54, 1.807) is 6.07 Å². The maximum absolute atomic E-state index is 13.2. The van der Waals surface area contributed by atoms with Crippen LogP contribution in [-0.4, -0.2) is 11.1 Å². The summed E-state index contributed by atoms with van der Waals surface area (Å²) in [4.78, 5) is 0. The van der Waals surface area contributed by atoms with Crippen LogP contribution >= 0.6 is 11.6 Å². The van der Waals surface area contributed by atoms with Crippen molar-refractivity contribution in [3.05, 3.63) is 58.9 Å². The van der Waals surface area contributed by atoms with E-state index < -0.39 is 5.82 Å². The summed E-state index contributed by atoms with van der Waals surface area (Å²) >= 11 is 5.83. The molecule has 0 bridgehead atoms. The zero-order valence-corrected chi connectivity index (χ0v) is 11.3. The first kappa shape index (κ1) is 13.7. The lowest BCUT2D eigenvalue weighted by Crippen LogP contribution is -2.18. The van der Waals surface area contributed by atoms with Crippen LogP contribution in [0, 0.1) is 5.82 Å². The van der Waals surface area contributed by atoms with Gasteiger partial charge in [0, 0.05) is 22.8 Å². The molecular weight excluding hydrogens is 265 g/mol. The van der Waals surface area contributed by atoms with Crippen molar-refractivity contribution in [1.82, 2.24) is 0 Å². The van der Waals surface area contributed by atoms with Gasteiger partial charge < -0.3 is 10.4 Å². The SMILES string of the molecule is CC(Cc1ccc(Cl)cc1)Nc1ccc(O)c(F)c1. The van der Waals surface area contributed by atoms with Crippen LogP contribution in [0.4, 0.5) is 10.1 Å². The number of aromatic hydroxyl groups is 1. The Hall–Kier alpha value is -1.74. The van der Waals surface area contributed by atoms with Crippen LogP contribution in [0.5, 0.6) is 5.75 Å². The Balaban J connectivity index is 1.98. The number of benzene rings is 2.